The lowest BCUT2D eigenvalue weighted by Gasteiger charge is -2.35. The smallest absolute Gasteiger partial charge is 0.149 e. The molecule has 1 fully saturated rings. The standard InChI is InChI=1S/C10H16N4/c1-10(4-7-11-8-5-10)13-9-3-2-6-12-14-9/h2-3,6,11H,4-5,7-8H2,1H3,(H,13,14). The quantitative estimate of drug-likeness (QED) is 0.735. The first-order valence-electron chi connectivity index (χ1n) is 5.05. The van der Waals surface area contributed by atoms with Crippen molar-refractivity contribution in [1.29, 1.82) is 0 Å². The van der Waals surface area contributed by atoms with Crippen molar-refractivity contribution in [3.8, 4) is 0 Å². The second-order valence-corrected chi connectivity index (χ2v) is 4.04. The number of piperidine rings is 1. The van der Waals surface area contributed by atoms with Crippen LogP contribution in [-0.2, 0) is 0 Å². The van der Waals surface area contributed by atoms with E-state index in [1.165, 1.54) is 0 Å². The zero-order valence-corrected chi connectivity index (χ0v) is 8.45. The minimum atomic E-state index is 0.168. The molecule has 0 spiro atoms. The average molecular weight is 192 g/mol. The van der Waals surface area contributed by atoms with Crippen molar-refractivity contribution in [3.63, 3.8) is 0 Å². The van der Waals surface area contributed by atoms with Gasteiger partial charge in [0, 0.05) is 11.7 Å². The van der Waals surface area contributed by atoms with Crippen molar-refractivity contribution >= 4 is 5.82 Å². The predicted molar refractivity (Wildman–Crippen MR) is 56.2 cm³/mol. The summed E-state index contributed by atoms with van der Waals surface area (Å²) >= 11 is 0. The summed E-state index contributed by atoms with van der Waals surface area (Å²) in [5.74, 6) is 0.872. The van der Waals surface area contributed by atoms with E-state index in [9.17, 15) is 0 Å². The zero-order chi connectivity index (χ0) is 9.86. The van der Waals surface area contributed by atoms with Gasteiger partial charge in [-0.2, -0.15) is 5.10 Å². The van der Waals surface area contributed by atoms with Gasteiger partial charge in [0.25, 0.3) is 0 Å². The van der Waals surface area contributed by atoms with Gasteiger partial charge in [0.05, 0.1) is 0 Å². The number of hydrogen-bond donors (Lipinski definition) is 2. The van der Waals surface area contributed by atoms with E-state index in [1.54, 1.807) is 6.20 Å². The third-order valence-electron chi connectivity index (χ3n) is 2.71. The van der Waals surface area contributed by atoms with E-state index in [4.69, 9.17) is 0 Å². The maximum Gasteiger partial charge on any atom is 0.149 e. The van der Waals surface area contributed by atoms with Crippen LogP contribution in [0.25, 0.3) is 0 Å². The second-order valence-electron chi connectivity index (χ2n) is 4.04. The van der Waals surface area contributed by atoms with Gasteiger partial charge in [-0.15, -0.1) is 5.10 Å². The Bertz CT molecular complexity index is 279. The molecular weight excluding hydrogens is 176 g/mol. The molecule has 0 radical (unpaired) electrons. The van der Waals surface area contributed by atoms with Crippen LogP contribution in [0.2, 0.25) is 0 Å². The fraction of sp³-hybridized carbons (Fsp3) is 0.600. The normalized spacial score (nSPS) is 20.4. The van der Waals surface area contributed by atoms with E-state index in [0.29, 0.717) is 0 Å². The van der Waals surface area contributed by atoms with Crippen molar-refractivity contribution in [2.75, 3.05) is 18.4 Å². The molecular formula is C10H16N4. The molecule has 0 aliphatic carbocycles. The Kier molecular flexibility index (Phi) is 2.63. The van der Waals surface area contributed by atoms with Crippen LogP contribution in [0.3, 0.4) is 0 Å². The lowest BCUT2D eigenvalue weighted by molar-refractivity contribution is 0.364. The highest BCUT2D eigenvalue weighted by atomic mass is 15.2. The Morgan fingerprint density at radius 3 is 2.86 bits per heavy atom. The molecule has 2 rings (SSSR count). The molecule has 0 unspecified atom stereocenters. The number of anilines is 1. The molecule has 1 aromatic heterocycles. The van der Waals surface area contributed by atoms with Crippen LogP contribution in [0.15, 0.2) is 18.3 Å². The van der Waals surface area contributed by atoms with Crippen LogP contribution in [0.5, 0.6) is 0 Å². The lowest BCUT2D eigenvalue weighted by Crippen LogP contribution is -2.45. The number of nitrogens with zero attached hydrogens (tertiary/aromatic N) is 2. The first kappa shape index (κ1) is 9.40. The molecule has 2 heterocycles. The molecule has 1 aliphatic heterocycles. The summed E-state index contributed by atoms with van der Waals surface area (Å²) in [4.78, 5) is 0. The summed E-state index contributed by atoms with van der Waals surface area (Å²) in [6.45, 7) is 4.38. The molecule has 76 valence electrons. The maximum atomic E-state index is 4.04. The van der Waals surface area contributed by atoms with Crippen LogP contribution < -0.4 is 10.6 Å². The van der Waals surface area contributed by atoms with E-state index >= 15 is 0 Å². The first-order chi connectivity index (χ1) is 6.79. The fourth-order valence-corrected chi connectivity index (χ4v) is 1.78. The van der Waals surface area contributed by atoms with Gasteiger partial charge in [-0.3, -0.25) is 0 Å². The maximum absolute atomic E-state index is 4.04. The van der Waals surface area contributed by atoms with Gasteiger partial charge in [0.15, 0.2) is 0 Å². The van der Waals surface area contributed by atoms with Crippen molar-refractivity contribution in [2.24, 2.45) is 0 Å². The SMILES string of the molecule is CC1(Nc2cccnn2)CCNCC1. The van der Waals surface area contributed by atoms with Gasteiger partial charge in [0.1, 0.15) is 5.82 Å². The van der Waals surface area contributed by atoms with Gasteiger partial charge < -0.3 is 10.6 Å². The summed E-state index contributed by atoms with van der Waals surface area (Å²) in [5, 5.41) is 14.7. The molecule has 14 heavy (non-hydrogen) atoms. The molecule has 1 aliphatic rings. The average Bonchev–Trinajstić information content (AvgIpc) is 2.19. The van der Waals surface area contributed by atoms with Gasteiger partial charge in [-0.05, 0) is 45.0 Å². The Morgan fingerprint density at radius 1 is 1.43 bits per heavy atom. The van der Waals surface area contributed by atoms with Gasteiger partial charge in [-0.1, -0.05) is 0 Å². The largest absolute Gasteiger partial charge is 0.363 e. The lowest BCUT2D eigenvalue weighted by atomic mass is 9.91. The van der Waals surface area contributed by atoms with E-state index in [2.05, 4.69) is 27.8 Å². The second kappa shape index (κ2) is 3.92. The monoisotopic (exact) mass is 192 g/mol. The molecule has 1 saturated heterocycles. The molecule has 0 saturated carbocycles. The van der Waals surface area contributed by atoms with Crippen LogP contribution in [0.1, 0.15) is 19.8 Å². The van der Waals surface area contributed by atoms with Gasteiger partial charge >= 0.3 is 0 Å². The number of hydrogen-bond acceptors (Lipinski definition) is 4. The molecule has 0 bridgehead atoms. The third-order valence-corrected chi connectivity index (χ3v) is 2.71. The Morgan fingerprint density at radius 2 is 2.21 bits per heavy atom. The Balaban J connectivity index is 2.02. The van der Waals surface area contributed by atoms with Gasteiger partial charge in [-0.25, -0.2) is 0 Å². The molecule has 0 aromatic carbocycles. The van der Waals surface area contributed by atoms with Crippen molar-refractivity contribution in [2.45, 2.75) is 25.3 Å². The zero-order valence-electron chi connectivity index (χ0n) is 8.45. The first-order valence-corrected chi connectivity index (χ1v) is 5.05. The Labute approximate surface area is 84.1 Å². The van der Waals surface area contributed by atoms with Crippen molar-refractivity contribution in [3.05, 3.63) is 18.3 Å². The van der Waals surface area contributed by atoms with E-state index in [1.807, 2.05) is 12.1 Å². The molecule has 4 heteroatoms. The van der Waals surface area contributed by atoms with Crippen molar-refractivity contribution in [1.82, 2.24) is 15.5 Å². The Hall–Kier alpha value is -1.16. The molecule has 2 N–H and O–H groups in total. The number of nitrogens with one attached hydrogen (secondary N) is 2. The molecule has 4 nitrogen and oxygen atoms in total. The summed E-state index contributed by atoms with van der Waals surface area (Å²) in [6.07, 6.45) is 3.95. The highest BCUT2D eigenvalue weighted by Crippen LogP contribution is 2.21. The third kappa shape index (κ3) is 2.20. The van der Waals surface area contributed by atoms with E-state index in [-0.39, 0.29) is 5.54 Å². The van der Waals surface area contributed by atoms with E-state index < -0.39 is 0 Å². The summed E-state index contributed by atoms with van der Waals surface area (Å²) in [5.41, 5.74) is 0.168. The van der Waals surface area contributed by atoms with Crippen LogP contribution in [0.4, 0.5) is 5.82 Å². The van der Waals surface area contributed by atoms with E-state index in [0.717, 1.165) is 31.7 Å². The number of rotatable bonds is 2. The molecule has 0 atom stereocenters. The number of aromatic nitrogens is 2. The van der Waals surface area contributed by atoms with Crippen LogP contribution in [0, 0.1) is 0 Å². The van der Waals surface area contributed by atoms with Gasteiger partial charge in [0.2, 0.25) is 0 Å². The molecule has 1 aromatic rings. The fourth-order valence-electron chi connectivity index (χ4n) is 1.78. The van der Waals surface area contributed by atoms with Crippen molar-refractivity contribution < 1.29 is 0 Å². The summed E-state index contributed by atoms with van der Waals surface area (Å²) < 4.78 is 0. The summed E-state index contributed by atoms with van der Waals surface area (Å²) in [7, 11) is 0. The topological polar surface area (TPSA) is 49.8 Å². The van der Waals surface area contributed by atoms with Crippen LogP contribution in [-0.4, -0.2) is 28.8 Å². The minimum Gasteiger partial charge on any atom is -0.363 e. The molecule has 0 amide bonds. The highest BCUT2D eigenvalue weighted by Gasteiger charge is 2.26. The minimum absolute atomic E-state index is 0.168. The van der Waals surface area contributed by atoms with Crippen LogP contribution >= 0.6 is 0 Å². The highest BCUT2D eigenvalue weighted by molar-refractivity contribution is 5.35. The summed E-state index contributed by atoms with van der Waals surface area (Å²) in [6, 6.07) is 3.86. The predicted octanol–water partition coefficient (Wildman–Crippen LogP) is 1.03.